The lowest BCUT2D eigenvalue weighted by Gasteiger charge is -2.32. The van der Waals surface area contributed by atoms with Crippen LogP contribution < -0.4 is 4.90 Å². The molecule has 0 N–H and O–H groups in total. The zero-order chi connectivity index (χ0) is 35.1. The van der Waals surface area contributed by atoms with Gasteiger partial charge < -0.3 is 4.90 Å². The Labute approximate surface area is 313 Å². The number of benzene rings is 5. The van der Waals surface area contributed by atoms with E-state index in [9.17, 15) is 0 Å². The Hall–Kier alpha value is -4.10. The van der Waals surface area contributed by atoms with Crippen LogP contribution in [-0.4, -0.2) is 0 Å². The van der Waals surface area contributed by atoms with Crippen LogP contribution >= 0.6 is 0 Å². The van der Waals surface area contributed by atoms with Gasteiger partial charge in [-0.2, -0.15) is 0 Å². The van der Waals surface area contributed by atoms with Crippen LogP contribution in [0.5, 0.6) is 0 Å². The van der Waals surface area contributed by atoms with Gasteiger partial charge in [0.05, 0.1) is 0 Å². The van der Waals surface area contributed by atoms with Crippen LogP contribution in [0, 0.1) is 0 Å². The van der Waals surface area contributed by atoms with Gasteiger partial charge in [-0.15, -0.1) is 0 Å². The fourth-order valence-electron chi connectivity index (χ4n) is 10.6. The average Bonchev–Trinajstić information content (AvgIpc) is 3.44. The van der Waals surface area contributed by atoms with Gasteiger partial charge >= 0.3 is 0 Å². The van der Waals surface area contributed by atoms with Crippen LogP contribution in [-0.2, 0) is 5.41 Å². The van der Waals surface area contributed by atoms with E-state index in [1.54, 1.807) is 11.1 Å². The first kappa shape index (κ1) is 33.7. The van der Waals surface area contributed by atoms with E-state index in [1.165, 1.54) is 152 Å². The Balaban J connectivity index is 1.14. The summed E-state index contributed by atoms with van der Waals surface area (Å²) in [6.45, 7) is 4.82. The maximum Gasteiger partial charge on any atom is 0.0467 e. The standard InChI is InChI=1S/C51H57N/c1-51(2)49-21-13-12-20-47(49)48-31-30-45(35-50(48)51)52(44-28-26-41(27-29-44)40-24-22-39(23-25-40)36-14-6-3-7-15-36)46-33-42(37-16-8-4-9-17-37)32-43(34-46)38-18-10-5-11-19-38/h12-13,20-38H,3-11,14-19H2,1-2H3. The van der Waals surface area contributed by atoms with Crippen LogP contribution in [0.15, 0.2) is 109 Å². The highest BCUT2D eigenvalue weighted by molar-refractivity contribution is 5.86. The van der Waals surface area contributed by atoms with Crippen molar-refractivity contribution in [2.75, 3.05) is 4.90 Å². The number of anilines is 3. The summed E-state index contributed by atoms with van der Waals surface area (Å²) in [4.78, 5) is 2.59. The third-order valence-electron chi connectivity index (χ3n) is 13.6. The molecule has 5 aromatic rings. The van der Waals surface area contributed by atoms with E-state index in [-0.39, 0.29) is 5.41 Å². The molecule has 0 aliphatic heterocycles. The van der Waals surface area contributed by atoms with Crippen molar-refractivity contribution in [1.82, 2.24) is 0 Å². The second-order valence-corrected chi connectivity index (χ2v) is 17.3. The Bertz CT molecular complexity index is 1960. The molecule has 0 radical (unpaired) electrons. The second kappa shape index (κ2) is 14.4. The molecule has 4 aliphatic carbocycles. The zero-order valence-electron chi connectivity index (χ0n) is 31.7. The van der Waals surface area contributed by atoms with Crippen molar-refractivity contribution < 1.29 is 0 Å². The molecule has 0 spiro atoms. The Morgan fingerprint density at radius 2 is 0.885 bits per heavy atom. The van der Waals surface area contributed by atoms with Crippen molar-refractivity contribution in [3.63, 3.8) is 0 Å². The molecule has 0 saturated heterocycles. The lowest BCUT2D eigenvalue weighted by molar-refractivity contribution is 0.435. The topological polar surface area (TPSA) is 3.24 Å². The van der Waals surface area contributed by atoms with E-state index in [0.717, 1.165) is 5.92 Å². The van der Waals surface area contributed by atoms with Gasteiger partial charge in [0.25, 0.3) is 0 Å². The molecule has 0 atom stereocenters. The van der Waals surface area contributed by atoms with Gasteiger partial charge in [-0.25, -0.2) is 0 Å². The minimum atomic E-state index is -0.0432. The Morgan fingerprint density at radius 1 is 0.404 bits per heavy atom. The molecule has 9 rings (SSSR count). The highest BCUT2D eigenvalue weighted by Gasteiger charge is 2.36. The minimum absolute atomic E-state index is 0.0432. The quantitative estimate of drug-likeness (QED) is 0.165. The molecule has 0 aromatic heterocycles. The first-order chi connectivity index (χ1) is 25.5. The fourth-order valence-corrected chi connectivity index (χ4v) is 10.6. The van der Waals surface area contributed by atoms with Crippen LogP contribution in [0.1, 0.15) is 156 Å². The molecular weight excluding hydrogens is 627 g/mol. The number of fused-ring (bicyclic) bond motifs is 3. The van der Waals surface area contributed by atoms with E-state index < -0.39 is 0 Å². The molecule has 1 nitrogen and oxygen atoms in total. The smallest absolute Gasteiger partial charge is 0.0467 e. The summed E-state index contributed by atoms with van der Waals surface area (Å²) in [6, 6.07) is 43.1. The normalized spacial score (nSPS) is 19.3. The van der Waals surface area contributed by atoms with Gasteiger partial charge in [0, 0.05) is 22.5 Å². The summed E-state index contributed by atoms with van der Waals surface area (Å²) >= 11 is 0. The van der Waals surface area contributed by atoms with Crippen LogP contribution in [0.4, 0.5) is 17.1 Å². The minimum Gasteiger partial charge on any atom is -0.310 e. The highest BCUT2D eigenvalue weighted by Crippen LogP contribution is 2.51. The highest BCUT2D eigenvalue weighted by atomic mass is 15.1. The summed E-state index contributed by atoms with van der Waals surface area (Å²) in [6.07, 6.45) is 20.4. The average molecular weight is 684 g/mol. The van der Waals surface area contributed by atoms with Gasteiger partial charge in [-0.1, -0.05) is 144 Å². The fraction of sp³-hybridized carbons (Fsp3) is 0.412. The predicted octanol–water partition coefficient (Wildman–Crippen LogP) is 15.3. The molecule has 4 aliphatic rings. The van der Waals surface area contributed by atoms with E-state index >= 15 is 0 Å². The van der Waals surface area contributed by atoms with E-state index in [4.69, 9.17) is 0 Å². The SMILES string of the molecule is CC1(C)c2ccccc2-c2ccc(N(c3ccc(-c4ccc(C5CCCCC5)cc4)cc3)c3cc(C4CCCCC4)cc(C4CCCCC4)c3)cc21. The lowest BCUT2D eigenvalue weighted by atomic mass is 9.79. The van der Waals surface area contributed by atoms with Crippen molar-refractivity contribution in [2.45, 2.75) is 133 Å². The third kappa shape index (κ3) is 6.44. The largest absolute Gasteiger partial charge is 0.310 e. The summed E-state index contributed by atoms with van der Waals surface area (Å²) < 4.78 is 0. The Morgan fingerprint density at radius 3 is 1.46 bits per heavy atom. The van der Waals surface area contributed by atoms with Gasteiger partial charge in [-0.05, 0) is 143 Å². The van der Waals surface area contributed by atoms with Gasteiger partial charge in [0.2, 0.25) is 0 Å². The maximum absolute atomic E-state index is 2.64. The van der Waals surface area contributed by atoms with E-state index in [2.05, 4.69) is 128 Å². The maximum atomic E-state index is 2.64. The van der Waals surface area contributed by atoms with Crippen LogP contribution in [0.2, 0.25) is 0 Å². The first-order valence-electron chi connectivity index (χ1n) is 20.9. The lowest BCUT2D eigenvalue weighted by Crippen LogP contribution is -2.17. The van der Waals surface area contributed by atoms with Gasteiger partial charge in [-0.3, -0.25) is 0 Å². The third-order valence-corrected chi connectivity index (χ3v) is 13.6. The number of hydrogen-bond acceptors (Lipinski definition) is 1. The van der Waals surface area contributed by atoms with Crippen molar-refractivity contribution >= 4 is 17.1 Å². The molecule has 266 valence electrons. The molecule has 5 aromatic carbocycles. The summed E-state index contributed by atoms with van der Waals surface area (Å²) in [5, 5.41) is 0. The van der Waals surface area contributed by atoms with Crippen molar-refractivity contribution in [3.05, 3.63) is 137 Å². The van der Waals surface area contributed by atoms with Crippen molar-refractivity contribution in [2.24, 2.45) is 0 Å². The molecule has 3 saturated carbocycles. The number of rotatable bonds is 7. The number of nitrogens with zero attached hydrogens (tertiary/aromatic N) is 1. The molecule has 0 bridgehead atoms. The molecule has 52 heavy (non-hydrogen) atoms. The van der Waals surface area contributed by atoms with Crippen LogP contribution in [0.25, 0.3) is 22.3 Å². The van der Waals surface area contributed by atoms with Crippen molar-refractivity contribution in [1.29, 1.82) is 0 Å². The summed E-state index contributed by atoms with van der Waals surface area (Å²) in [5.74, 6) is 2.09. The molecule has 0 amide bonds. The monoisotopic (exact) mass is 683 g/mol. The summed E-state index contributed by atoms with van der Waals surface area (Å²) in [5.41, 5.74) is 16.7. The van der Waals surface area contributed by atoms with Gasteiger partial charge in [0.15, 0.2) is 0 Å². The second-order valence-electron chi connectivity index (χ2n) is 17.3. The first-order valence-corrected chi connectivity index (χ1v) is 20.9. The van der Waals surface area contributed by atoms with Crippen LogP contribution in [0.3, 0.4) is 0 Å². The molecule has 0 heterocycles. The predicted molar refractivity (Wildman–Crippen MR) is 222 cm³/mol. The molecular formula is C51H57N. The Kier molecular flexibility index (Phi) is 9.32. The molecule has 3 fully saturated rings. The zero-order valence-corrected chi connectivity index (χ0v) is 31.7. The molecule has 1 heteroatoms. The summed E-state index contributed by atoms with van der Waals surface area (Å²) in [7, 11) is 0. The van der Waals surface area contributed by atoms with Gasteiger partial charge in [0.1, 0.15) is 0 Å². The van der Waals surface area contributed by atoms with E-state index in [0.29, 0.717) is 11.8 Å². The van der Waals surface area contributed by atoms with Crippen molar-refractivity contribution in [3.8, 4) is 22.3 Å². The van der Waals surface area contributed by atoms with E-state index in [1.807, 2.05) is 0 Å². The molecule has 0 unspecified atom stereocenters. The number of hydrogen-bond donors (Lipinski definition) is 0.